The van der Waals surface area contributed by atoms with Gasteiger partial charge in [-0.1, -0.05) is 155 Å². The average molecular weight is 645 g/mol. The number of thiocarbonyl (C=S) groups is 2. The first-order valence-corrected chi connectivity index (χ1v) is 19.1. The molecule has 0 aromatic heterocycles. The van der Waals surface area contributed by atoms with Crippen molar-refractivity contribution in [2.24, 2.45) is 0 Å². The van der Waals surface area contributed by atoms with E-state index in [1.165, 1.54) is 128 Å². The molecule has 1 fully saturated rings. The highest BCUT2D eigenvalue weighted by Crippen LogP contribution is 2.25. The van der Waals surface area contributed by atoms with Crippen molar-refractivity contribution >= 4 is 34.5 Å². The molecule has 0 saturated carbocycles. The summed E-state index contributed by atoms with van der Waals surface area (Å²) < 4.78 is 17.7. The van der Waals surface area contributed by atoms with Crippen LogP contribution in [0.15, 0.2) is 0 Å². The quantitative estimate of drug-likeness (QED) is 0.0596. The number of rotatable bonds is 30. The first-order chi connectivity index (χ1) is 21.0. The summed E-state index contributed by atoms with van der Waals surface area (Å²) in [7, 11) is 0. The van der Waals surface area contributed by atoms with Crippen LogP contribution in [0.5, 0.6) is 0 Å². The van der Waals surface area contributed by atoms with Gasteiger partial charge in [0.1, 0.15) is 12.2 Å². The van der Waals surface area contributed by atoms with Gasteiger partial charge in [0, 0.05) is 12.8 Å². The highest BCUT2D eigenvalue weighted by atomic mass is 32.1. The van der Waals surface area contributed by atoms with Gasteiger partial charge in [-0.15, -0.1) is 0 Å². The fraction of sp³-hybridized carbons (Fsp3) is 0.944. The number of aliphatic hydroxyl groups excluding tert-OH is 2. The zero-order valence-corrected chi connectivity index (χ0v) is 29.7. The molecule has 1 heterocycles. The Labute approximate surface area is 276 Å². The largest absolute Gasteiger partial charge is 0.479 e. The van der Waals surface area contributed by atoms with Gasteiger partial charge in [-0.2, -0.15) is 0 Å². The molecule has 0 bridgehead atoms. The smallest absolute Gasteiger partial charge is 0.160 e. The molecule has 1 aliphatic heterocycles. The van der Waals surface area contributed by atoms with Crippen molar-refractivity contribution in [3.05, 3.63) is 0 Å². The van der Waals surface area contributed by atoms with Crippen molar-refractivity contribution in [2.45, 2.75) is 205 Å². The van der Waals surface area contributed by atoms with Crippen LogP contribution in [0.2, 0.25) is 0 Å². The van der Waals surface area contributed by atoms with Gasteiger partial charge in [0.15, 0.2) is 22.3 Å². The van der Waals surface area contributed by atoms with Crippen molar-refractivity contribution in [3.63, 3.8) is 0 Å². The molecule has 0 amide bonds. The van der Waals surface area contributed by atoms with Crippen LogP contribution in [0.25, 0.3) is 0 Å². The van der Waals surface area contributed by atoms with Crippen LogP contribution in [0.4, 0.5) is 0 Å². The Morgan fingerprint density at radius 3 is 1.40 bits per heavy atom. The average Bonchev–Trinajstić information content (AvgIpc) is 3.36. The van der Waals surface area contributed by atoms with Gasteiger partial charge in [-0.05, 0) is 37.3 Å². The summed E-state index contributed by atoms with van der Waals surface area (Å²) in [6, 6.07) is 0. The summed E-state index contributed by atoms with van der Waals surface area (Å²) in [6.07, 6.45) is 29.8. The minimum atomic E-state index is -0.799. The molecule has 0 unspecified atom stereocenters. The Balaban J connectivity index is 2.15. The van der Waals surface area contributed by atoms with Crippen molar-refractivity contribution in [1.29, 1.82) is 0 Å². The van der Waals surface area contributed by atoms with Crippen molar-refractivity contribution in [1.82, 2.24) is 0 Å². The van der Waals surface area contributed by atoms with E-state index in [0.29, 0.717) is 22.9 Å². The molecule has 43 heavy (non-hydrogen) atoms. The van der Waals surface area contributed by atoms with Gasteiger partial charge < -0.3 is 24.4 Å². The van der Waals surface area contributed by atoms with Gasteiger partial charge in [-0.25, -0.2) is 0 Å². The van der Waals surface area contributed by atoms with Crippen molar-refractivity contribution in [3.8, 4) is 0 Å². The molecular weight excluding hydrogens is 577 g/mol. The molecule has 254 valence electrons. The Morgan fingerprint density at radius 2 is 1.00 bits per heavy atom. The molecule has 0 radical (unpaired) electrons. The highest BCUT2D eigenvalue weighted by Gasteiger charge is 2.44. The third-order valence-corrected chi connectivity index (χ3v) is 9.33. The molecule has 0 aliphatic carbocycles. The number of aliphatic hydroxyl groups is 2. The Hall–Kier alpha value is -0.340. The summed E-state index contributed by atoms with van der Waals surface area (Å²) in [5.74, 6) is 0. The maximum absolute atomic E-state index is 10.5. The lowest BCUT2D eigenvalue weighted by Gasteiger charge is -2.28. The van der Waals surface area contributed by atoms with E-state index in [1.807, 2.05) is 0 Å². The monoisotopic (exact) mass is 644 g/mol. The fourth-order valence-electron chi connectivity index (χ4n) is 5.95. The van der Waals surface area contributed by atoms with Crippen molar-refractivity contribution in [2.75, 3.05) is 13.2 Å². The van der Waals surface area contributed by atoms with Crippen molar-refractivity contribution < 1.29 is 24.4 Å². The van der Waals surface area contributed by atoms with E-state index in [-0.39, 0.29) is 13.2 Å². The van der Waals surface area contributed by atoms with E-state index < -0.39 is 24.4 Å². The lowest BCUT2D eigenvalue weighted by atomic mass is 10.0. The van der Waals surface area contributed by atoms with Crippen LogP contribution in [0.3, 0.4) is 0 Å². The second-order valence-corrected chi connectivity index (χ2v) is 13.7. The van der Waals surface area contributed by atoms with Gasteiger partial charge in [0.25, 0.3) is 0 Å². The first-order valence-electron chi connectivity index (χ1n) is 18.3. The lowest BCUT2D eigenvalue weighted by Crippen LogP contribution is -2.45. The topological polar surface area (TPSA) is 68.2 Å². The van der Waals surface area contributed by atoms with E-state index in [0.717, 1.165) is 25.7 Å². The lowest BCUT2D eigenvalue weighted by molar-refractivity contribution is -0.0577. The molecule has 0 spiro atoms. The second-order valence-electron chi connectivity index (χ2n) is 12.8. The van der Waals surface area contributed by atoms with Crippen LogP contribution in [0.1, 0.15) is 181 Å². The molecule has 1 rings (SSSR count). The van der Waals surface area contributed by atoms with Crippen LogP contribution >= 0.6 is 24.4 Å². The summed E-state index contributed by atoms with van der Waals surface area (Å²) in [6.45, 7) is 4.42. The molecule has 0 aromatic rings. The van der Waals surface area contributed by atoms with E-state index in [2.05, 4.69) is 13.8 Å². The zero-order valence-electron chi connectivity index (χ0n) is 28.0. The Kier molecular flexibility index (Phi) is 27.5. The fourth-order valence-corrected chi connectivity index (χ4v) is 6.47. The highest BCUT2D eigenvalue weighted by molar-refractivity contribution is 7.80. The van der Waals surface area contributed by atoms with Gasteiger partial charge >= 0.3 is 0 Å². The molecule has 1 aliphatic rings. The predicted octanol–water partition coefficient (Wildman–Crippen LogP) is 10.3. The maximum atomic E-state index is 10.5. The first kappa shape index (κ1) is 40.7. The second kappa shape index (κ2) is 29.1. The third kappa shape index (κ3) is 21.9. The van der Waals surface area contributed by atoms with Crippen LogP contribution in [0, 0.1) is 0 Å². The minimum absolute atomic E-state index is 0.141. The van der Waals surface area contributed by atoms with E-state index in [9.17, 15) is 10.2 Å². The Bertz CT molecular complexity index is 662. The number of hydrogen-bond acceptors (Lipinski definition) is 7. The van der Waals surface area contributed by atoms with Crippen LogP contribution in [-0.4, -0.2) is 57.9 Å². The van der Waals surface area contributed by atoms with Gasteiger partial charge in [0.05, 0.1) is 13.2 Å². The molecule has 7 heteroatoms. The number of unbranched alkanes of at least 4 members (excludes halogenated alkanes) is 22. The maximum Gasteiger partial charge on any atom is 0.160 e. The normalized spacial score (nSPS) is 19.0. The third-order valence-electron chi connectivity index (χ3n) is 8.73. The van der Waals surface area contributed by atoms with E-state index in [1.54, 1.807) is 0 Å². The number of hydrogen-bond donors (Lipinski definition) is 2. The van der Waals surface area contributed by atoms with E-state index in [4.69, 9.17) is 38.6 Å². The molecule has 2 N–H and O–H groups in total. The zero-order chi connectivity index (χ0) is 31.4. The molecular formula is C36H68O5S2. The van der Waals surface area contributed by atoms with Gasteiger partial charge in [0.2, 0.25) is 0 Å². The van der Waals surface area contributed by atoms with Crippen LogP contribution < -0.4 is 0 Å². The predicted molar refractivity (Wildman–Crippen MR) is 189 cm³/mol. The molecule has 1 saturated heterocycles. The van der Waals surface area contributed by atoms with E-state index >= 15 is 0 Å². The standard InChI is InChI=1S/C36H68O5S2/c1-3-5-7-9-11-13-15-17-19-21-23-25-27-33(42)40-32(29-37)36-35(31(38)30-39-36)41-34(43)28-26-24-22-20-18-16-14-12-10-8-6-4-2/h31-32,35-38H,3-30H2,1-2H3/t31-,32+,35+,36+/m1/s1. The SMILES string of the molecule is CCCCCCCCCCCCCCC(=S)O[C@@H]1[C@H]([C@H](CO)OC(=S)CCCCCCCCCCCCCC)OC[C@H]1O. The molecule has 5 nitrogen and oxygen atoms in total. The summed E-state index contributed by atoms with van der Waals surface area (Å²) in [5.41, 5.74) is 0. The summed E-state index contributed by atoms with van der Waals surface area (Å²) >= 11 is 11.0. The minimum Gasteiger partial charge on any atom is -0.479 e. The molecule has 4 atom stereocenters. The Morgan fingerprint density at radius 1 is 0.628 bits per heavy atom. The molecule has 0 aromatic carbocycles. The van der Waals surface area contributed by atoms with Crippen LogP contribution in [-0.2, 0) is 14.2 Å². The summed E-state index contributed by atoms with van der Waals surface area (Å²) in [4.78, 5) is 0. The number of ether oxygens (including phenoxy) is 3. The van der Waals surface area contributed by atoms with Gasteiger partial charge in [-0.3, -0.25) is 0 Å². The summed E-state index contributed by atoms with van der Waals surface area (Å²) in [5, 5.41) is 21.5.